The van der Waals surface area contributed by atoms with Gasteiger partial charge in [-0.2, -0.15) is 5.26 Å². The van der Waals surface area contributed by atoms with Crippen LogP contribution in [-0.2, 0) is 4.74 Å². The summed E-state index contributed by atoms with van der Waals surface area (Å²) in [4.78, 5) is 0. The zero-order chi connectivity index (χ0) is 7.11. The molecule has 0 rings (SSSR count). The van der Waals surface area contributed by atoms with Gasteiger partial charge in [0.2, 0.25) is 0 Å². The molecular weight excluding hydrogens is 114 g/mol. The minimum absolute atomic E-state index is 0.326. The predicted octanol–water partition coefficient (Wildman–Crippen LogP) is 1.84. The van der Waals surface area contributed by atoms with Gasteiger partial charge in [0, 0.05) is 0 Å². The molecule has 0 N–H and O–H groups in total. The summed E-state index contributed by atoms with van der Waals surface area (Å²) in [5.74, 6) is 0. The minimum Gasteiger partial charge on any atom is -0.484 e. The fraction of sp³-hybridized carbons (Fsp3) is 0.571. The normalized spacial score (nSPS) is 13.0. The molecule has 2 nitrogen and oxygen atoms in total. The third-order valence-electron chi connectivity index (χ3n) is 0.796. The van der Waals surface area contributed by atoms with E-state index in [0.29, 0.717) is 0 Å². The summed E-state index contributed by atoms with van der Waals surface area (Å²) in [6.45, 7) is 3.72. The summed E-state index contributed by atoms with van der Waals surface area (Å²) in [5.41, 5.74) is 0. The molecule has 2 heteroatoms. The van der Waals surface area contributed by atoms with Crippen molar-refractivity contribution in [2.45, 2.75) is 26.4 Å². The van der Waals surface area contributed by atoms with Crippen LogP contribution in [0.25, 0.3) is 0 Å². The first-order chi connectivity index (χ1) is 4.31. The highest BCUT2D eigenvalue weighted by Crippen LogP contribution is 1.89. The molecule has 0 aromatic carbocycles. The molecule has 1 atom stereocenters. The third kappa shape index (κ3) is 4.89. The third-order valence-corrected chi connectivity index (χ3v) is 0.796. The van der Waals surface area contributed by atoms with Gasteiger partial charge in [-0.1, -0.05) is 13.0 Å². The monoisotopic (exact) mass is 125 g/mol. The molecule has 0 aromatic rings. The van der Waals surface area contributed by atoms with E-state index in [4.69, 9.17) is 10.00 Å². The van der Waals surface area contributed by atoms with Crippen LogP contribution in [0.5, 0.6) is 0 Å². The molecule has 0 aliphatic rings. The maximum Gasteiger partial charge on any atom is 0.180 e. The number of rotatable bonds is 3. The van der Waals surface area contributed by atoms with Crippen LogP contribution >= 0.6 is 0 Å². The van der Waals surface area contributed by atoms with Gasteiger partial charge in [-0.15, -0.1) is 0 Å². The van der Waals surface area contributed by atoms with Crippen molar-refractivity contribution >= 4 is 0 Å². The van der Waals surface area contributed by atoms with Gasteiger partial charge in [0.15, 0.2) is 6.10 Å². The Morgan fingerprint density at radius 1 is 1.78 bits per heavy atom. The average molecular weight is 125 g/mol. The van der Waals surface area contributed by atoms with Crippen LogP contribution in [0.2, 0.25) is 0 Å². The van der Waals surface area contributed by atoms with E-state index in [0.717, 1.165) is 6.42 Å². The summed E-state index contributed by atoms with van der Waals surface area (Å²) >= 11 is 0. The van der Waals surface area contributed by atoms with Crippen molar-refractivity contribution in [2.75, 3.05) is 0 Å². The highest BCUT2D eigenvalue weighted by molar-refractivity contribution is 4.83. The second-order valence-electron chi connectivity index (χ2n) is 1.69. The lowest BCUT2D eigenvalue weighted by atomic mass is 10.4. The van der Waals surface area contributed by atoms with Crippen molar-refractivity contribution in [3.63, 3.8) is 0 Å². The van der Waals surface area contributed by atoms with Crippen molar-refractivity contribution in [1.29, 1.82) is 5.26 Å². The highest BCUT2D eigenvalue weighted by atomic mass is 16.5. The molecule has 0 spiro atoms. The molecule has 0 aliphatic heterocycles. The first-order valence-corrected chi connectivity index (χ1v) is 3.01. The lowest BCUT2D eigenvalue weighted by Gasteiger charge is -1.98. The van der Waals surface area contributed by atoms with Crippen LogP contribution in [0, 0.1) is 11.3 Å². The molecule has 1 unspecified atom stereocenters. The molecule has 0 saturated carbocycles. The number of hydrogen-bond acceptors (Lipinski definition) is 2. The Kier molecular flexibility index (Phi) is 4.61. The molecule has 0 aliphatic carbocycles. The Labute approximate surface area is 55.7 Å². The topological polar surface area (TPSA) is 33.0 Å². The maximum absolute atomic E-state index is 8.23. The van der Waals surface area contributed by atoms with Crippen molar-refractivity contribution in [3.8, 4) is 6.07 Å². The van der Waals surface area contributed by atoms with Gasteiger partial charge in [0.05, 0.1) is 6.26 Å². The highest BCUT2D eigenvalue weighted by Gasteiger charge is 1.91. The van der Waals surface area contributed by atoms with Crippen molar-refractivity contribution in [2.24, 2.45) is 0 Å². The summed E-state index contributed by atoms with van der Waals surface area (Å²) < 4.78 is 4.89. The van der Waals surface area contributed by atoms with E-state index >= 15 is 0 Å². The molecule has 9 heavy (non-hydrogen) atoms. The minimum atomic E-state index is -0.326. The fourth-order valence-corrected chi connectivity index (χ4v) is 0.300. The average Bonchev–Trinajstić information content (AvgIpc) is 1.89. The first-order valence-electron chi connectivity index (χ1n) is 3.01. The van der Waals surface area contributed by atoms with E-state index in [9.17, 15) is 0 Å². The molecule has 0 radical (unpaired) electrons. The molecular formula is C7H11NO. The summed E-state index contributed by atoms with van der Waals surface area (Å²) in [7, 11) is 0. The Morgan fingerprint density at radius 2 is 2.44 bits per heavy atom. The van der Waals surface area contributed by atoms with E-state index in [1.165, 1.54) is 0 Å². The van der Waals surface area contributed by atoms with Crippen LogP contribution < -0.4 is 0 Å². The Morgan fingerprint density at radius 3 is 2.89 bits per heavy atom. The van der Waals surface area contributed by atoms with E-state index in [1.807, 2.05) is 19.1 Å². The standard InChI is InChI=1S/C7H11NO/c1-3-4-5-9-7(2)6-8/h4-5,7H,3H2,1-2H3. The molecule has 0 bridgehead atoms. The molecule has 50 valence electrons. The van der Waals surface area contributed by atoms with E-state index in [2.05, 4.69) is 0 Å². The lowest BCUT2D eigenvalue weighted by Crippen LogP contribution is -1.97. The smallest absolute Gasteiger partial charge is 0.180 e. The maximum atomic E-state index is 8.23. The van der Waals surface area contributed by atoms with Crippen molar-refractivity contribution in [3.05, 3.63) is 12.3 Å². The molecule has 0 fully saturated rings. The van der Waals surface area contributed by atoms with E-state index in [-0.39, 0.29) is 6.10 Å². The number of nitriles is 1. The molecule has 0 aromatic heterocycles. The number of allylic oxidation sites excluding steroid dienone is 1. The van der Waals surface area contributed by atoms with Crippen LogP contribution in [0.4, 0.5) is 0 Å². The largest absolute Gasteiger partial charge is 0.484 e. The van der Waals surface area contributed by atoms with Gasteiger partial charge < -0.3 is 4.74 Å². The lowest BCUT2D eigenvalue weighted by molar-refractivity contribution is 0.209. The van der Waals surface area contributed by atoms with Crippen LogP contribution in [-0.4, -0.2) is 6.10 Å². The van der Waals surface area contributed by atoms with Crippen LogP contribution in [0.15, 0.2) is 12.3 Å². The predicted molar refractivity (Wildman–Crippen MR) is 35.6 cm³/mol. The Balaban J connectivity index is 3.29. The zero-order valence-electron chi connectivity index (χ0n) is 5.79. The molecule has 0 saturated heterocycles. The van der Waals surface area contributed by atoms with Gasteiger partial charge >= 0.3 is 0 Å². The van der Waals surface area contributed by atoms with Crippen molar-refractivity contribution in [1.82, 2.24) is 0 Å². The SMILES string of the molecule is CCC=COC(C)C#N. The summed E-state index contributed by atoms with van der Waals surface area (Å²) in [6, 6.07) is 1.95. The molecule has 0 heterocycles. The number of ether oxygens (including phenoxy) is 1. The van der Waals surface area contributed by atoms with Crippen LogP contribution in [0.1, 0.15) is 20.3 Å². The fourth-order valence-electron chi connectivity index (χ4n) is 0.300. The summed E-state index contributed by atoms with van der Waals surface area (Å²) in [6.07, 6.45) is 4.05. The summed E-state index contributed by atoms with van der Waals surface area (Å²) in [5, 5.41) is 8.23. The first kappa shape index (κ1) is 8.03. The van der Waals surface area contributed by atoms with E-state index in [1.54, 1.807) is 13.2 Å². The van der Waals surface area contributed by atoms with Crippen molar-refractivity contribution < 1.29 is 4.74 Å². The quantitative estimate of drug-likeness (QED) is 0.539. The Hall–Kier alpha value is -0.970. The van der Waals surface area contributed by atoms with Crippen LogP contribution in [0.3, 0.4) is 0 Å². The van der Waals surface area contributed by atoms with Gasteiger partial charge in [0.25, 0.3) is 0 Å². The Bertz CT molecular complexity index is 123. The van der Waals surface area contributed by atoms with E-state index < -0.39 is 0 Å². The van der Waals surface area contributed by atoms with Gasteiger partial charge in [0.1, 0.15) is 6.07 Å². The van der Waals surface area contributed by atoms with Gasteiger partial charge in [-0.05, 0) is 13.3 Å². The van der Waals surface area contributed by atoms with Gasteiger partial charge in [-0.3, -0.25) is 0 Å². The molecule has 0 amide bonds. The second-order valence-corrected chi connectivity index (χ2v) is 1.69. The number of hydrogen-bond donors (Lipinski definition) is 0. The zero-order valence-corrected chi connectivity index (χ0v) is 5.79. The second kappa shape index (κ2) is 5.17. The number of nitrogens with zero attached hydrogens (tertiary/aromatic N) is 1. The van der Waals surface area contributed by atoms with Gasteiger partial charge in [-0.25, -0.2) is 0 Å².